The molecule has 6 nitrogen and oxygen atoms in total. The van der Waals surface area contributed by atoms with Crippen molar-refractivity contribution in [1.29, 1.82) is 0 Å². The van der Waals surface area contributed by atoms with Crippen molar-refractivity contribution < 1.29 is 19.3 Å². The Hall–Kier alpha value is -1.14. The zero-order chi connectivity index (χ0) is 16.8. The van der Waals surface area contributed by atoms with Crippen LogP contribution >= 0.6 is 0 Å². The number of hydrogen-bond donors (Lipinski definition) is 2. The minimum atomic E-state index is -0.718. The summed E-state index contributed by atoms with van der Waals surface area (Å²) in [6.45, 7) is 11.7. The molecule has 0 aliphatic heterocycles. The second-order valence-corrected chi connectivity index (χ2v) is 6.91. The molecule has 0 fully saturated rings. The molecule has 0 bridgehead atoms. The molecule has 124 valence electrons. The zero-order valence-electron chi connectivity index (χ0n) is 14.1. The van der Waals surface area contributed by atoms with Crippen LogP contribution in [0.3, 0.4) is 0 Å². The Bertz CT molecular complexity index is 367. The van der Waals surface area contributed by atoms with Crippen molar-refractivity contribution in [3.05, 3.63) is 0 Å². The lowest BCUT2D eigenvalue weighted by Crippen LogP contribution is -2.49. The summed E-state index contributed by atoms with van der Waals surface area (Å²) < 4.78 is 0. The first-order valence-electron chi connectivity index (χ1n) is 7.40. The van der Waals surface area contributed by atoms with Gasteiger partial charge >= 0.3 is 11.9 Å². The van der Waals surface area contributed by atoms with Gasteiger partial charge in [-0.2, -0.15) is 11.8 Å². The molecule has 0 rings (SSSR count). The Morgan fingerprint density at radius 1 is 0.905 bits per heavy atom. The number of carbonyl (C=O) groups excluding carboxylic acids is 2. The highest BCUT2D eigenvalue weighted by molar-refractivity contribution is 5.83. The van der Waals surface area contributed by atoms with Gasteiger partial charge in [0.05, 0.1) is 11.8 Å². The number of carbonyl (C=O) groups is 2. The molecule has 0 radical (unpaired) electrons. The average molecular weight is 302 g/mol. The molecule has 0 heterocycles. The molecule has 0 aromatic rings. The monoisotopic (exact) mass is 302 g/mol. The van der Waals surface area contributed by atoms with Gasteiger partial charge in [-0.1, -0.05) is 54.4 Å². The van der Waals surface area contributed by atoms with Crippen LogP contribution in [-0.2, 0) is 19.3 Å². The van der Waals surface area contributed by atoms with Crippen molar-refractivity contribution in [2.45, 2.75) is 60.8 Å². The molecule has 0 aliphatic carbocycles. The summed E-state index contributed by atoms with van der Waals surface area (Å²) in [5.74, 6) is 7.54. The smallest absolute Gasteiger partial charge is 0.328 e. The van der Waals surface area contributed by atoms with Crippen LogP contribution < -0.4 is 11.8 Å². The number of rotatable bonds is 8. The highest BCUT2D eigenvalue weighted by Gasteiger charge is 2.51. The van der Waals surface area contributed by atoms with E-state index in [1.807, 2.05) is 41.5 Å². The molecule has 0 saturated heterocycles. The fourth-order valence-electron chi connectivity index (χ4n) is 2.98. The second kappa shape index (κ2) is 7.75. The maximum absolute atomic E-state index is 12.3. The Labute approximate surface area is 127 Å². The summed E-state index contributed by atoms with van der Waals surface area (Å²) in [5, 5.41) is 0. The van der Waals surface area contributed by atoms with E-state index in [1.54, 1.807) is 0 Å². The number of hydrogen-bond acceptors (Lipinski definition) is 6. The molecular formula is C15H30N2O4. The van der Waals surface area contributed by atoms with Crippen LogP contribution in [0.5, 0.6) is 0 Å². The van der Waals surface area contributed by atoms with E-state index in [2.05, 4.69) is 9.68 Å². The van der Waals surface area contributed by atoms with Gasteiger partial charge in [-0.15, -0.1) is 0 Å². The largest absolute Gasteiger partial charge is 0.373 e. The Morgan fingerprint density at radius 2 is 1.29 bits per heavy atom. The number of nitrogens with two attached hydrogens (primary N) is 2. The summed E-state index contributed by atoms with van der Waals surface area (Å²) in [4.78, 5) is 33.4. The third-order valence-corrected chi connectivity index (χ3v) is 4.56. The van der Waals surface area contributed by atoms with Crippen molar-refractivity contribution in [2.75, 3.05) is 0 Å². The Morgan fingerprint density at radius 3 is 1.57 bits per heavy atom. The van der Waals surface area contributed by atoms with Crippen molar-refractivity contribution in [3.8, 4) is 0 Å². The fourth-order valence-corrected chi connectivity index (χ4v) is 2.98. The zero-order valence-corrected chi connectivity index (χ0v) is 14.1. The molecule has 0 aliphatic rings. The van der Waals surface area contributed by atoms with E-state index < -0.39 is 34.6 Å². The van der Waals surface area contributed by atoms with Crippen molar-refractivity contribution >= 4 is 11.9 Å². The van der Waals surface area contributed by atoms with Gasteiger partial charge in [0.1, 0.15) is 0 Å². The van der Waals surface area contributed by atoms with Crippen LogP contribution in [-0.4, -0.2) is 11.9 Å². The topological polar surface area (TPSA) is 105 Å². The van der Waals surface area contributed by atoms with E-state index in [-0.39, 0.29) is 0 Å². The van der Waals surface area contributed by atoms with Crippen LogP contribution in [0.4, 0.5) is 0 Å². The van der Waals surface area contributed by atoms with E-state index in [9.17, 15) is 9.59 Å². The molecular weight excluding hydrogens is 272 g/mol. The van der Waals surface area contributed by atoms with Crippen molar-refractivity contribution in [1.82, 2.24) is 0 Å². The third kappa shape index (κ3) is 4.68. The second-order valence-electron chi connectivity index (χ2n) is 6.91. The lowest BCUT2D eigenvalue weighted by atomic mass is 9.61. The standard InChI is InChI=1S/C15H30N2O4/c1-7-9-15(5,6)11(13(19)21-17)10(12(18)20-16)14(3,4)8-2/h10-11H,7-9,16-17H2,1-6H3. The maximum atomic E-state index is 12.3. The van der Waals surface area contributed by atoms with E-state index >= 15 is 0 Å². The summed E-state index contributed by atoms with van der Waals surface area (Å²) in [7, 11) is 0. The van der Waals surface area contributed by atoms with E-state index in [4.69, 9.17) is 11.8 Å². The quantitative estimate of drug-likeness (QED) is 0.667. The molecule has 4 N–H and O–H groups in total. The molecule has 21 heavy (non-hydrogen) atoms. The van der Waals surface area contributed by atoms with Crippen LogP contribution in [0.1, 0.15) is 60.8 Å². The average Bonchev–Trinajstić information content (AvgIpc) is 2.42. The van der Waals surface area contributed by atoms with Crippen molar-refractivity contribution in [3.63, 3.8) is 0 Å². The Kier molecular flexibility index (Phi) is 7.33. The van der Waals surface area contributed by atoms with Gasteiger partial charge < -0.3 is 9.68 Å². The lowest BCUT2D eigenvalue weighted by Gasteiger charge is -2.42. The first-order chi connectivity index (χ1) is 9.58. The molecule has 2 atom stereocenters. The van der Waals surface area contributed by atoms with Crippen LogP contribution in [0.15, 0.2) is 0 Å². The minimum Gasteiger partial charge on any atom is -0.373 e. The minimum absolute atomic E-state index is 0.462. The molecule has 0 aromatic heterocycles. The summed E-state index contributed by atoms with van der Waals surface area (Å²) >= 11 is 0. The summed E-state index contributed by atoms with van der Waals surface area (Å²) in [5.41, 5.74) is -0.934. The van der Waals surface area contributed by atoms with Gasteiger partial charge in [-0.25, -0.2) is 0 Å². The van der Waals surface area contributed by atoms with Gasteiger partial charge in [-0.05, 0) is 17.3 Å². The highest BCUT2D eigenvalue weighted by Crippen LogP contribution is 2.46. The maximum Gasteiger partial charge on any atom is 0.328 e. The van der Waals surface area contributed by atoms with E-state index in [1.165, 1.54) is 0 Å². The molecule has 0 saturated carbocycles. The molecule has 2 unspecified atom stereocenters. The van der Waals surface area contributed by atoms with Crippen LogP contribution in [0.25, 0.3) is 0 Å². The van der Waals surface area contributed by atoms with Gasteiger partial charge in [0.2, 0.25) is 0 Å². The SMILES string of the molecule is CCCC(C)(C)C(C(=O)ON)C(C(=O)ON)C(C)(C)CC. The normalized spacial score (nSPS) is 15.2. The first kappa shape index (κ1) is 19.9. The molecule has 0 spiro atoms. The van der Waals surface area contributed by atoms with E-state index in [0.717, 1.165) is 12.8 Å². The summed E-state index contributed by atoms with van der Waals surface area (Å²) in [6, 6.07) is 0. The van der Waals surface area contributed by atoms with E-state index in [0.29, 0.717) is 6.42 Å². The predicted octanol–water partition coefficient (Wildman–Crippen LogP) is 2.32. The van der Waals surface area contributed by atoms with Gasteiger partial charge in [-0.3, -0.25) is 9.59 Å². The fraction of sp³-hybridized carbons (Fsp3) is 0.867. The third-order valence-electron chi connectivity index (χ3n) is 4.56. The lowest BCUT2D eigenvalue weighted by molar-refractivity contribution is -0.173. The predicted molar refractivity (Wildman–Crippen MR) is 80.3 cm³/mol. The summed E-state index contributed by atoms with van der Waals surface area (Å²) in [6.07, 6.45) is 2.31. The molecule has 0 amide bonds. The molecule has 0 aromatic carbocycles. The first-order valence-corrected chi connectivity index (χ1v) is 7.40. The van der Waals surface area contributed by atoms with Gasteiger partial charge in [0.15, 0.2) is 0 Å². The van der Waals surface area contributed by atoms with Gasteiger partial charge in [0.25, 0.3) is 0 Å². The highest BCUT2D eigenvalue weighted by atomic mass is 16.7. The van der Waals surface area contributed by atoms with Crippen LogP contribution in [0, 0.1) is 22.7 Å². The van der Waals surface area contributed by atoms with Crippen LogP contribution in [0.2, 0.25) is 0 Å². The van der Waals surface area contributed by atoms with Crippen molar-refractivity contribution in [2.24, 2.45) is 34.5 Å². The Balaban J connectivity index is 5.92. The van der Waals surface area contributed by atoms with Gasteiger partial charge in [0, 0.05) is 0 Å². The molecule has 6 heteroatoms.